The Labute approximate surface area is 95.7 Å². The Balaban J connectivity index is 2.66. The summed E-state index contributed by atoms with van der Waals surface area (Å²) in [6.07, 6.45) is 1.57. The van der Waals surface area contributed by atoms with Crippen molar-refractivity contribution < 1.29 is 4.79 Å². The molecule has 1 heterocycles. The van der Waals surface area contributed by atoms with Crippen molar-refractivity contribution >= 4 is 11.6 Å². The lowest BCUT2D eigenvalue weighted by molar-refractivity contribution is 0.0995. The molecule has 0 aliphatic carbocycles. The van der Waals surface area contributed by atoms with Crippen LogP contribution in [0.3, 0.4) is 0 Å². The molecular weight excluding hydrogens is 204 g/mol. The van der Waals surface area contributed by atoms with E-state index in [0.717, 1.165) is 12.2 Å². The SMILES string of the molecule is CC(CN(C)C)Nc1ccnc(C(N)=O)c1. The number of aromatic nitrogens is 1. The summed E-state index contributed by atoms with van der Waals surface area (Å²) in [6, 6.07) is 3.77. The van der Waals surface area contributed by atoms with E-state index < -0.39 is 5.91 Å². The van der Waals surface area contributed by atoms with Crippen LogP contribution in [0.4, 0.5) is 5.69 Å². The highest BCUT2D eigenvalue weighted by Crippen LogP contribution is 2.09. The molecule has 1 aromatic heterocycles. The van der Waals surface area contributed by atoms with E-state index in [1.54, 1.807) is 12.3 Å². The molecule has 0 aliphatic heterocycles. The maximum atomic E-state index is 10.9. The summed E-state index contributed by atoms with van der Waals surface area (Å²) in [5.41, 5.74) is 6.30. The third-order valence-electron chi connectivity index (χ3n) is 2.06. The molecule has 5 nitrogen and oxygen atoms in total. The number of nitrogens with zero attached hydrogens (tertiary/aromatic N) is 2. The van der Waals surface area contributed by atoms with Crippen LogP contribution in [0.5, 0.6) is 0 Å². The van der Waals surface area contributed by atoms with E-state index in [-0.39, 0.29) is 11.7 Å². The van der Waals surface area contributed by atoms with Crippen LogP contribution < -0.4 is 11.1 Å². The molecule has 0 saturated carbocycles. The van der Waals surface area contributed by atoms with Gasteiger partial charge in [0.15, 0.2) is 0 Å². The van der Waals surface area contributed by atoms with E-state index in [9.17, 15) is 4.79 Å². The number of hydrogen-bond acceptors (Lipinski definition) is 4. The Morgan fingerprint density at radius 3 is 2.88 bits per heavy atom. The van der Waals surface area contributed by atoms with Crippen molar-refractivity contribution in [3.05, 3.63) is 24.0 Å². The molecule has 1 unspecified atom stereocenters. The van der Waals surface area contributed by atoms with Crippen molar-refractivity contribution in [3.63, 3.8) is 0 Å². The predicted octanol–water partition coefficient (Wildman–Crippen LogP) is 0.542. The zero-order valence-electron chi connectivity index (χ0n) is 9.90. The Bertz CT molecular complexity index is 365. The van der Waals surface area contributed by atoms with Gasteiger partial charge in [-0.2, -0.15) is 0 Å². The van der Waals surface area contributed by atoms with Gasteiger partial charge in [-0.25, -0.2) is 0 Å². The smallest absolute Gasteiger partial charge is 0.267 e. The van der Waals surface area contributed by atoms with Gasteiger partial charge >= 0.3 is 0 Å². The monoisotopic (exact) mass is 222 g/mol. The van der Waals surface area contributed by atoms with E-state index in [1.165, 1.54) is 0 Å². The third kappa shape index (κ3) is 3.86. The number of nitrogens with two attached hydrogens (primary N) is 1. The first kappa shape index (κ1) is 12.4. The van der Waals surface area contributed by atoms with Crippen molar-refractivity contribution in [2.24, 2.45) is 5.73 Å². The van der Waals surface area contributed by atoms with E-state index in [2.05, 4.69) is 22.1 Å². The van der Waals surface area contributed by atoms with Gasteiger partial charge in [0.05, 0.1) is 0 Å². The molecule has 0 spiro atoms. The second-order valence-electron chi connectivity index (χ2n) is 4.10. The number of nitrogens with one attached hydrogen (secondary N) is 1. The number of likely N-dealkylation sites (N-methyl/N-ethyl adjacent to an activating group) is 1. The average Bonchev–Trinajstić information content (AvgIpc) is 2.16. The van der Waals surface area contributed by atoms with Crippen molar-refractivity contribution in [2.75, 3.05) is 26.0 Å². The second kappa shape index (κ2) is 5.46. The highest BCUT2D eigenvalue weighted by Gasteiger charge is 2.06. The zero-order chi connectivity index (χ0) is 12.1. The van der Waals surface area contributed by atoms with Gasteiger partial charge in [0, 0.05) is 24.5 Å². The van der Waals surface area contributed by atoms with E-state index in [1.807, 2.05) is 20.2 Å². The lowest BCUT2D eigenvalue weighted by Crippen LogP contribution is -2.29. The summed E-state index contributed by atoms with van der Waals surface area (Å²) < 4.78 is 0. The molecule has 0 radical (unpaired) electrons. The van der Waals surface area contributed by atoms with Gasteiger partial charge in [-0.15, -0.1) is 0 Å². The molecule has 1 amide bonds. The van der Waals surface area contributed by atoms with Crippen molar-refractivity contribution in [1.82, 2.24) is 9.88 Å². The summed E-state index contributed by atoms with van der Waals surface area (Å²) in [5, 5.41) is 3.28. The molecule has 0 saturated heterocycles. The minimum atomic E-state index is -0.510. The summed E-state index contributed by atoms with van der Waals surface area (Å²) >= 11 is 0. The second-order valence-corrected chi connectivity index (χ2v) is 4.10. The normalized spacial score (nSPS) is 12.5. The highest BCUT2D eigenvalue weighted by atomic mass is 16.1. The van der Waals surface area contributed by atoms with Gasteiger partial charge in [-0.1, -0.05) is 0 Å². The van der Waals surface area contributed by atoms with Crippen LogP contribution in [0.25, 0.3) is 0 Å². The molecule has 88 valence electrons. The topological polar surface area (TPSA) is 71.2 Å². The first-order chi connectivity index (χ1) is 7.49. The molecule has 16 heavy (non-hydrogen) atoms. The largest absolute Gasteiger partial charge is 0.381 e. The van der Waals surface area contributed by atoms with Crippen molar-refractivity contribution in [1.29, 1.82) is 0 Å². The minimum absolute atomic E-state index is 0.280. The van der Waals surface area contributed by atoms with Crippen LogP contribution in [0, 0.1) is 0 Å². The predicted molar refractivity (Wildman–Crippen MR) is 64.4 cm³/mol. The average molecular weight is 222 g/mol. The molecule has 3 N–H and O–H groups in total. The third-order valence-corrected chi connectivity index (χ3v) is 2.06. The van der Waals surface area contributed by atoms with Gasteiger partial charge in [0.2, 0.25) is 0 Å². The highest BCUT2D eigenvalue weighted by molar-refractivity contribution is 5.91. The molecule has 1 atom stereocenters. The number of amides is 1. The molecule has 0 aromatic carbocycles. The molecular formula is C11H18N4O. The fourth-order valence-electron chi connectivity index (χ4n) is 1.53. The summed E-state index contributed by atoms with van der Waals surface area (Å²) in [7, 11) is 4.03. The summed E-state index contributed by atoms with van der Waals surface area (Å²) in [6.45, 7) is 2.98. The first-order valence-corrected chi connectivity index (χ1v) is 5.16. The molecule has 1 aromatic rings. The van der Waals surface area contributed by atoms with Crippen LogP contribution in [0.15, 0.2) is 18.3 Å². The standard InChI is InChI=1S/C11H18N4O/c1-8(7-15(2)3)14-9-4-5-13-10(6-9)11(12)16/h4-6,8H,7H2,1-3H3,(H2,12,16)(H,13,14). The molecule has 5 heteroatoms. The molecule has 1 rings (SSSR count). The van der Waals surface area contributed by atoms with Gasteiger partial charge in [0.25, 0.3) is 5.91 Å². The van der Waals surface area contributed by atoms with Gasteiger partial charge < -0.3 is 16.0 Å². The summed E-state index contributed by atoms with van der Waals surface area (Å²) in [4.78, 5) is 16.9. The van der Waals surface area contributed by atoms with Crippen molar-refractivity contribution in [3.8, 4) is 0 Å². The van der Waals surface area contributed by atoms with Crippen LogP contribution >= 0.6 is 0 Å². The van der Waals surface area contributed by atoms with E-state index >= 15 is 0 Å². The van der Waals surface area contributed by atoms with Gasteiger partial charge in [0.1, 0.15) is 5.69 Å². The number of hydrogen-bond donors (Lipinski definition) is 2. The van der Waals surface area contributed by atoms with Gasteiger partial charge in [-0.05, 0) is 33.2 Å². The number of carbonyl (C=O) groups is 1. The fraction of sp³-hybridized carbons (Fsp3) is 0.455. The van der Waals surface area contributed by atoms with Crippen LogP contribution in [-0.4, -0.2) is 42.5 Å². The fourth-order valence-corrected chi connectivity index (χ4v) is 1.53. The maximum absolute atomic E-state index is 10.9. The molecule has 0 fully saturated rings. The minimum Gasteiger partial charge on any atom is -0.381 e. The molecule has 0 bridgehead atoms. The van der Waals surface area contributed by atoms with Crippen LogP contribution in [0.1, 0.15) is 17.4 Å². The lowest BCUT2D eigenvalue weighted by Gasteiger charge is -2.19. The van der Waals surface area contributed by atoms with E-state index in [0.29, 0.717) is 0 Å². The Morgan fingerprint density at radius 1 is 1.62 bits per heavy atom. The number of primary amides is 1. The molecule has 0 aliphatic rings. The first-order valence-electron chi connectivity index (χ1n) is 5.16. The Morgan fingerprint density at radius 2 is 2.31 bits per heavy atom. The van der Waals surface area contributed by atoms with Gasteiger partial charge in [-0.3, -0.25) is 9.78 Å². The van der Waals surface area contributed by atoms with Crippen LogP contribution in [-0.2, 0) is 0 Å². The van der Waals surface area contributed by atoms with Crippen LogP contribution in [0.2, 0.25) is 0 Å². The quantitative estimate of drug-likeness (QED) is 0.763. The lowest BCUT2D eigenvalue weighted by atomic mass is 10.2. The Kier molecular flexibility index (Phi) is 4.25. The Hall–Kier alpha value is -1.62. The van der Waals surface area contributed by atoms with Crippen molar-refractivity contribution in [2.45, 2.75) is 13.0 Å². The summed E-state index contributed by atoms with van der Waals surface area (Å²) in [5.74, 6) is -0.510. The number of anilines is 1. The number of rotatable bonds is 5. The maximum Gasteiger partial charge on any atom is 0.267 e. The number of pyridine rings is 1. The number of carbonyl (C=O) groups excluding carboxylic acids is 1. The zero-order valence-corrected chi connectivity index (χ0v) is 9.90. The van der Waals surface area contributed by atoms with E-state index in [4.69, 9.17) is 5.73 Å².